The van der Waals surface area contributed by atoms with Crippen molar-refractivity contribution in [3.8, 4) is 0 Å². The van der Waals surface area contributed by atoms with Gasteiger partial charge >= 0.3 is 5.97 Å². The molecule has 0 aliphatic rings. The molecule has 0 saturated heterocycles. The summed E-state index contributed by atoms with van der Waals surface area (Å²) in [6.45, 7) is -0.0377. The van der Waals surface area contributed by atoms with Crippen LogP contribution in [-0.4, -0.2) is 27.6 Å². The number of imidazole rings is 1. The van der Waals surface area contributed by atoms with Gasteiger partial charge in [0.05, 0.1) is 11.0 Å². The molecule has 0 bridgehead atoms. The number of nitrogens with zero attached hydrogens (tertiary/aromatic N) is 1. The lowest BCUT2D eigenvalue weighted by atomic mass is 10.3. The maximum Gasteiger partial charge on any atom is 0.322 e. The lowest BCUT2D eigenvalue weighted by molar-refractivity contribution is -0.134. The first-order valence-electron chi connectivity index (χ1n) is 6.29. The largest absolute Gasteiger partial charge is 0.480 e. The Labute approximate surface area is 127 Å². The molecule has 0 fully saturated rings. The van der Waals surface area contributed by atoms with E-state index in [1.54, 1.807) is 0 Å². The number of benzene rings is 2. The van der Waals surface area contributed by atoms with Gasteiger partial charge < -0.3 is 15.4 Å². The number of hydrogen-bond donors (Lipinski definition) is 4. The van der Waals surface area contributed by atoms with Gasteiger partial charge in [-0.1, -0.05) is 30.3 Å². The van der Waals surface area contributed by atoms with Crippen LogP contribution in [0.4, 0.5) is 5.69 Å². The minimum absolute atomic E-state index is 0.0377. The highest BCUT2D eigenvalue weighted by atomic mass is 32.1. The molecule has 3 rings (SSSR count). The third-order valence-corrected chi connectivity index (χ3v) is 2.81. The summed E-state index contributed by atoms with van der Waals surface area (Å²) < 4.78 is 0. The molecule has 0 atom stereocenters. The number of carboxylic acid groups (broad SMARTS) is 1. The van der Waals surface area contributed by atoms with Crippen LogP contribution in [0, 0.1) is 0 Å². The zero-order valence-corrected chi connectivity index (χ0v) is 12.0. The number of fused-ring (bicyclic) bond motifs is 1. The van der Waals surface area contributed by atoms with Crippen molar-refractivity contribution in [2.45, 2.75) is 5.16 Å². The van der Waals surface area contributed by atoms with E-state index in [-0.39, 0.29) is 6.54 Å². The van der Waals surface area contributed by atoms with Crippen molar-refractivity contribution in [3.63, 3.8) is 0 Å². The smallest absolute Gasteiger partial charge is 0.322 e. The number of aromatic nitrogens is 2. The van der Waals surface area contributed by atoms with Crippen LogP contribution in [0.2, 0.25) is 0 Å². The van der Waals surface area contributed by atoms with Crippen molar-refractivity contribution in [1.29, 1.82) is 0 Å². The summed E-state index contributed by atoms with van der Waals surface area (Å²) in [5.41, 5.74) is 2.83. The summed E-state index contributed by atoms with van der Waals surface area (Å²) in [6.07, 6.45) is 0. The Kier molecular flexibility index (Phi) is 5.22. The molecule has 0 aliphatic carbocycles. The molecule has 0 radical (unpaired) electrons. The number of carboxylic acids is 1. The Hall–Kier alpha value is -2.47. The number of thiol groups is 1. The molecule has 108 valence electrons. The quantitative estimate of drug-likeness (QED) is 0.561. The fourth-order valence-electron chi connectivity index (χ4n) is 1.67. The summed E-state index contributed by atoms with van der Waals surface area (Å²) in [4.78, 5) is 17.2. The van der Waals surface area contributed by atoms with Gasteiger partial charge in [-0.25, -0.2) is 4.98 Å². The van der Waals surface area contributed by atoms with Crippen molar-refractivity contribution in [2.75, 3.05) is 11.9 Å². The van der Waals surface area contributed by atoms with Crippen LogP contribution in [0.15, 0.2) is 59.8 Å². The number of para-hydroxylation sites is 3. The van der Waals surface area contributed by atoms with Crippen LogP contribution in [-0.2, 0) is 4.79 Å². The summed E-state index contributed by atoms with van der Waals surface area (Å²) in [5, 5.41) is 11.7. The van der Waals surface area contributed by atoms with Crippen LogP contribution in [0.3, 0.4) is 0 Å². The predicted octanol–water partition coefficient (Wildman–Crippen LogP) is 3.03. The van der Waals surface area contributed by atoms with E-state index >= 15 is 0 Å². The van der Waals surface area contributed by atoms with Crippen molar-refractivity contribution < 1.29 is 9.90 Å². The fourth-order valence-corrected chi connectivity index (χ4v) is 1.90. The lowest BCUT2D eigenvalue weighted by Crippen LogP contribution is -2.11. The molecule has 3 N–H and O–H groups in total. The monoisotopic (exact) mass is 301 g/mol. The van der Waals surface area contributed by atoms with Crippen molar-refractivity contribution in [1.82, 2.24) is 9.97 Å². The first-order valence-corrected chi connectivity index (χ1v) is 6.74. The lowest BCUT2D eigenvalue weighted by Gasteiger charge is -2.00. The van der Waals surface area contributed by atoms with E-state index in [1.807, 2.05) is 54.6 Å². The Bertz CT molecular complexity index is 680. The molecule has 6 heteroatoms. The topological polar surface area (TPSA) is 78.0 Å². The van der Waals surface area contributed by atoms with Crippen molar-refractivity contribution in [2.24, 2.45) is 0 Å². The van der Waals surface area contributed by atoms with Gasteiger partial charge in [-0.05, 0) is 24.3 Å². The maximum absolute atomic E-state index is 10.1. The van der Waals surface area contributed by atoms with E-state index in [1.165, 1.54) is 0 Å². The highest BCUT2D eigenvalue weighted by molar-refractivity contribution is 7.80. The van der Waals surface area contributed by atoms with Crippen molar-refractivity contribution in [3.05, 3.63) is 54.6 Å². The van der Waals surface area contributed by atoms with Crippen LogP contribution in [0.5, 0.6) is 0 Å². The normalized spacial score (nSPS) is 9.76. The van der Waals surface area contributed by atoms with Gasteiger partial charge in [0.25, 0.3) is 0 Å². The first-order chi connectivity index (χ1) is 10.1. The number of H-pyrrole nitrogens is 1. The van der Waals surface area contributed by atoms with Gasteiger partial charge in [-0.15, -0.1) is 12.6 Å². The number of nitrogens with one attached hydrogen (secondary N) is 2. The highest BCUT2D eigenvalue weighted by Crippen LogP contribution is 2.11. The Morgan fingerprint density at radius 2 is 1.81 bits per heavy atom. The number of hydrogen-bond acceptors (Lipinski definition) is 4. The molecule has 0 spiro atoms. The van der Waals surface area contributed by atoms with Gasteiger partial charge in [-0.3, -0.25) is 4.79 Å². The molecule has 0 unspecified atom stereocenters. The minimum Gasteiger partial charge on any atom is -0.480 e. The summed E-state index contributed by atoms with van der Waals surface area (Å²) in [7, 11) is 0. The average molecular weight is 301 g/mol. The van der Waals surface area contributed by atoms with Crippen molar-refractivity contribution >= 4 is 35.3 Å². The molecular weight excluding hydrogens is 286 g/mol. The zero-order chi connectivity index (χ0) is 15.1. The van der Waals surface area contributed by atoms with E-state index in [9.17, 15) is 4.79 Å². The second kappa shape index (κ2) is 7.35. The standard InChI is InChI=1S/C8H9NO2.C7H6N2S/c10-8(11)6-9-7-4-2-1-3-5-7;10-7-8-5-3-1-2-4-6(5)9-7/h1-5,9H,6H2,(H,10,11);1-4H,(H2,8,9,10). The summed E-state index contributed by atoms with van der Waals surface area (Å²) >= 11 is 4.08. The number of carbonyl (C=O) groups is 1. The molecule has 3 aromatic rings. The summed E-state index contributed by atoms with van der Waals surface area (Å²) in [5.74, 6) is -0.853. The summed E-state index contributed by atoms with van der Waals surface area (Å²) in [6, 6.07) is 17.1. The fraction of sp³-hybridized carbons (Fsp3) is 0.0667. The van der Waals surface area contributed by atoms with Gasteiger partial charge in [0.1, 0.15) is 6.54 Å². The van der Waals surface area contributed by atoms with Crippen LogP contribution < -0.4 is 5.32 Å². The van der Waals surface area contributed by atoms with E-state index in [2.05, 4.69) is 27.9 Å². The van der Waals surface area contributed by atoms with Gasteiger partial charge in [0, 0.05) is 5.69 Å². The first kappa shape index (κ1) is 14.9. The van der Waals surface area contributed by atoms with Crippen LogP contribution >= 0.6 is 12.6 Å². The number of aliphatic carboxylic acids is 1. The van der Waals surface area contributed by atoms with Crippen LogP contribution in [0.1, 0.15) is 0 Å². The third kappa shape index (κ3) is 4.85. The van der Waals surface area contributed by atoms with E-state index < -0.39 is 5.97 Å². The number of rotatable bonds is 3. The minimum atomic E-state index is -0.853. The number of anilines is 1. The van der Waals surface area contributed by atoms with Gasteiger partial charge in [0.15, 0.2) is 5.16 Å². The second-order valence-electron chi connectivity index (χ2n) is 4.19. The third-order valence-electron chi connectivity index (χ3n) is 2.59. The van der Waals surface area contributed by atoms with Gasteiger partial charge in [-0.2, -0.15) is 0 Å². The zero-order valence-electron chi connectivity index (χ0n) is 11.2. The van der Waals surface area contributed by atoms with E-state index in [0.29, 0.717) is 5.16 Å². The molecule has 0 saturated carbocycles. The average Bonchev–Trinajstić information content (AvgIpc) is 2.87. The molecule has 1 aromatic heterocycles. The SMILES string of the molecule is O=C(O)CNc1ccccc1.Sc1nc2ccccc2[nH]1. The molecule has 2 aromatic carbocycles. The van der Waals surface area contributed by atoms with Crippen LogP contribution in [0.25, 0.3) is 11.0 Å². The molecule has 1 heterocycles. The Balaban J connectivity index is 0.000000154. The second-order valence-corrected chi connectivity index (χ2v) is 4.61. The molecular formula is C15H15N3O2S. The predicted molar refractivity (Wildman–Crippen MR) is 85.9 cm³/mol. The van der Waals surface area contributed by atoms with E-state index in [4.69, 9.17) is 5.11 Å². The Morgan fingerprint density at radius 1 is 1.14 bits per heavy atom. The number of aromatic amines is 1. The van der Waals surface area contributed by atoms with E-state index in [0.717, 1.165) is 16.7 Å². The highest BCUT2D eigenvalue weighted by Gasteiger charge is 1.95. The molecule has 21 heavy (non-hydrogen) atoms. The molecule has 0 amide bonds. The molecule has 0 aliphatic heterocycles. The van der Waals surface area contributed by atoms with Gasteiger partial charge in [0.2, 0.25) is 0 Å². The maximum atomic E-state index is 10.1. The molecule has 5 nitrogen and oxygen atoms in total. The Morgan fingerprint density at radius 3 is 2.48 bits per heavy atom.